The fraction of sp³-hybridized carbons (Fsp3) is 0.727. The van der Waals surface area contributed by atoms with Gasteiger partial charge in [0.1, 0.15) is 11.2 Å². The predicted molar refractivity (Wildman–Crippen MR) is 51.0 cm³/mol. The minimum absolute atomic E-state index is 0.0648. The second-order valence-electron chi connectivity index (χ2n) is 4.25. The number of fused-ring (bicyclic) bond motifs is 2. The molecule has 15 heavy (non-hydrogen) atoms. The van der Waals surface area contributed by atoms with Crippen molar-refractivity contribution < 1.29 is 19.1 Å². The SMILES string of the molecule is CCOC(=O)[C@@]12CCCC(C(=O)C1)C2=O. The lowest BCUT2D eigenvalue weighted by Crippen LogP contribution is -2.41. The fourth-order valence-electron chi connectivity index (χ4n) is 2.64. The van der Waals surface area contributed by atoms with Gasteiger partial charge >= 0.3 is 5.97 Å². The number of hydrogen-bond donors (Lipinski definition) is 0. The molecule has 2 bridgehead atoms. The van der Waals surface area contributed by atoms with Gasteiger partial charge in [-0.25, -0.2) is 0 Å². The van der Waals surface area contributed by atoms with Crippen LogP contribution in [-0.4, -0.2) is 24.1 Å². The Hall–Kier alpha value is -1.19. The van der Waals surface area contributed by atoms with E-state index < -0.39 is 17.3 Å². The summed E-state index contributed by atoms with van der Waals surface area (Å²) in [7, 11) is 0. The first-order valence-electron chi connectivity index (χ1n) is 5.36. The van der Waals surface area contributed by atoms with Gasteiger partial charge in [-0.3, -0.25) is 14.4 Å². The highest BCUT2D eigenvalue weighted by Gasteiger charge is 2.60. The molecule has 0 spiro atoms. The summed E-state index contributed by atoms with van der Waals surface area (Å²) in [4.78, 5) is 35.2. The molecule has 0 amide bonds. The lowest BCUT2D eigenvalue weighted by Gasteiger charge is -2.27. The summed E-state index contributed by atoms with van der Waals surface area (Å²) in [5.74, 6) is -1.29. The molecule has 2 rings (SSSR count). The smallest absolute Gasteiger partial charge is 0.320 e. The van der Waals surface area contributed by atoms with Gasteiger partial charge in [0.25, 0.3) is 0 Å². The zero-order valence-electron chi connectivity index (χ0n) is 8.75. The van der Waals surface area contributed by atoms with E-state index in [0.29, 0.717) is 12.8 Å². The Morgan fingerprint density at radius 1 is 1.53 bits per heavy atom. The summed E-state index contributed by atoms with van der Waals surface area (Å²) >= 11 is 0. The molecule has 0 radical (unpaired) electrons. The Bertz CT molecular complexity index is 333. The molecule has 1 unspecified atom stereocenters. The molecule has 4 heteroatoms. The van der Waals surface area contributed by atoms with Crippen molar-refractivity contribution in [3.8, 4) is 0 Å². The molecule has 4 nitrogen and oxygen atoms in total. The molecule has 0 aromatic heterocycles. The first-order valence-corrected chi connectivity index (χ1v) is 5.36. The topological polar surface area (TPSA) is 60.4 Å². The van der Waals surface area contributed by atoms with Gasteiger partial charge in [0, 0.05) is 6.42 Å². The molecule has 0 saturated heterocycles. The first-order chi connectivity index (χ1) is 7.12. The van der Waals surface area contributed by atoms with E-state index in [9.17, 15) is 14.4 Å². The highest BCUT2D eigenvalue weighted by Crippen LogP contribution is 2.47. The van der Waals surface area contributed by atoms with Gasteiger partial charge in [-0.2, -0.15) is 0 Å². The molecule has 2 saturated carbocycles. The molecule has 0 aromatic carbocycles. The maximum atomic E-state index is 11.9. The summed E-state index contributed by atoms with van der Waals surface area (Å²) in [6, 6.07) is 0. The van der Waals surface area contributed by atoms with Crippen molar-refractivity contribution in [2.75, 3.05) is 6.61 Å². The van der Waals surface area contributed by atoms with E-state index in [1.807, 2.05) is 0 Å². The molecule has 0 aliphatic heterocycles. The summed E-state index contributed by atoms with van der Waals surface area (Å²) in [5, 5.41) is 0. The van der Waals surface area contributed by atoms with E-state index in [1.165, 1.54) is 0 Å². The monoisotopic (exact) mass is 210 g/mol. The Labute approximate surface area is 88.0 Å². The van der Waals surface area contributed by atoms with Crippen LogP contribution in [0.15, 0.2) is 0 Å². The third-order valence-corrected chi connectivity index (χ3v) is 3.42. The van der Waals surface area contributed by atoms with Gasteiger partial charge in [-0.1, -0.05) is 6.42 Å². The number of ether oxygens (including phenoxy) is 1. The molecular weight excluding hydrogens is 196 g/mol. The minimum Gasteiger partial charge on any atom is -0.465 e. The van der Waals surface area contributed by atoms with Crippen molar-refractivity contribution in [1.82, 2.24) is 0 Å². The van der Waals surface area contributed by atoms with E-state index >= 15 is 0 Å². The van der Waals surface area contributed by atoms with E-state index in [0.717, 1.165) is 6.42 Å². The van der Waals surface area contributed by atoms with E-state index in [1.54, 1.807) is 6.92 Å². The number of esters is 1. The third-order valence-electron chi connectivity index (χ3n) is 3.42. The van der Waals surface area contributed by atoms with Crippen LogP contribution in [0.5, 0.6) is 0 Å². The maximum Gasteiger partial charge on any atom is 0.320 e. The number of rotatable bonds is 2. The quantitative estimate of drug-likeness (QED) is 0.501. The number of hydrogen-bond acceptors (Lipinski definition) is 4. The fourth-order valence-corrected chi connectivity index (χ4v) is 2.64. The summed E-state index contributed by atoms with van der Waals surface area (Å²) in [6.45, 7) is 1.96. The van der Waals surface area contributed by atoms with Crippen molar-refractivity contribution in [2.24, 2.45) is 11.3 Å². The lowest BCUT2D eigenvalue weighted by molar-refractivity contribution is -0.161. The van der Waals surface area contributed by atoms with Crippen molar-refractivity contribution in [3.63, 3.8) is 0 Å². The molecular formula is C11H14O4. The average Bonchev–Trinajstić information content (AvgIpc) is 2.37. The summed E-state index contributed by atoms with van der Waals surface area (Å²) < 4.78 is 4.91. The van der Waals surface area contributed by atoms with Crippen LogP contribution >= 0.6 is 0 Å². The van der Waals surface area contributed by atoms with Crippen molar-refractivity contribution >= 4 is 17.5 Å². The molecule has 2 aliphatic carbocycles. The van der Waals surface area contributed by atoms with Gasteiger partial charge in [0.2, 0.25) is 0 Å². The summed E-state index contributed by atoms with van der Waals surface area (Å²) in [5.41, 5.74) is -1.12. The standard InChI is InChI=1S/C11H14O4/c1-2-15-10(14)11-5-3-4-7(9(11)13)8(12)6-11/h7H,2-6H2,1H3/t7?,11-/m0/s1. The van der Waals surface area contributed by atoms with Gasteiger partial charge in [0.05, 0.1) is 12.5 Å². The van der Waals surface area contributed by atoms with E-state index in [2.05, 4.69) is 0 Å². The van der Waals surface area contributed by atoms with Crippen LogP contribution in [-0.2, 0) is 19.1 Å². The molecule has 2 fully saturated rings. The van der Waals surface area contributed by atoms with E-state index in [-0.39, 0.29) is 24.6 Å². The van der Waals surface area contributed by atoms with Gasteiger partial charge in [-0.05, 0) is 19.8 Å². The van der Waals surface area contributed by atoms with Crippen LogP contribution in [0.4, 0.5) is 0 Å². The lowest BCUT2D eigenvalue weighted by atomic mass is 9.74. The van der Waals surface area contributed by atoms with Crippen LogP contribution in [0.3, 0.4) is 0 Å². The first kappa shape index (κ1) is 10.3. The van der Waals surface area contributed by atoms with Crippen LogP contribution in [0.1, 0.15) is 32.6 Å². The van der Waals surface area contributed by atoms with Gasteiger partial charge in [-0.15, -0.1) is 0 Å². The Kier molecular flexibility index (Phi) is 2.37. The number of ketones is 2. The average molecular weight is 210 g/mol. The third kappa shape index (κ3) is 1.31. The largest absolute Gasteiger partial charge is 0.465 e. The molecule has 0 heterocycles. The van der Waals surface area contributed by atoms with Gasteiger partial charge < -0.3 is 4.74 Å². The van der Waals surface area contributed by atoms with E-state index in [4.69, 9.17) is 4.74 Å². The second kappa shape index (κ2) is 3.43. The van der Waals surface area contributed by atoms with Crippen LogP contribution in [0, 0.1) is 11.3 Å². The zero-order valence-corrected chi connectivity index (χ0v) is 8.75. The van der Waals surface area contributed by atoms with Gasteiger partial charge in [0.15, 0.2) is 5.78 Å². The molecule has 2 atom stereocenters. The Balaban J connectivity index is 2.30. The van der Waals surface area contributed by atoms with Crippen molar-refractivity contribution in [1.29, 1.82) is 0 Å². The molecule has 0 aromatic rings. The number of carbonyl (C=O) groups excluding carboxylic acids is 3. The Morgan fingerprint density at radius 2 is 2.27 bits per heavy atom. The number of carbonyl (C=O) groups is 3. The summed E-state index contributed by atoms with van der Waals surface area (Å²) in [6.07, 6.45) is 1.92. The molecule has 2 aliphatic rings. The molecule has 0 N–H and O–H groups in total. The van der Waals surface area contributed by atoms with Crippen LogP contribution in [0.25, 0.3) is 0 Å². The number of Topliss-reactive ketones (excluding diaryl/α,β-unsaturated/α-hetero) is 2. The van der Waals surface area contributed by atoms with Crippen LogP contribution < -0.4 is 0 Å². The maximum absolute atomic E-state index is 11.9. The van der Waals surface area contributed by atoms with Crippen LogP contribution in [0.2, 0.25) is 0 Å². The normalized spacial score (nSPS) is 34.3. The highest BCUT2D eigenvalue weighted by molar-refractivity contribution is 6.21. The second-order valence-corrected chi connectivity index (χ2v) is 4.25. The predicted octanol–water partition coefficient (Wildman–Crippen LogP) is 0.878. The minimum atomic E-state index is -1.12. The molecule has 82 valence electrons. The Morgan fingerprint density at radius 3 is 2.93 bits per heavy atom. The van der Waals surface area contributed by atoms with Crippen molar-refractivity contribution in [2.45, 2.75) is 32.6 Å². The van der Waals surface area contributed by atoms with Crippen molar-refractivity contribution in [3.05, 3.63) is 0 Å². The zero-order chi connectivity index (χ0) is 11.1. The highest BCUT2D eigenvalue weighted by atomic mass is 16.5.